The number of amides is 1. The van der Waals surface area contributed by atoms with Crippen molar-refractivity contribution in [2.45, 2.75) is 5.37 Å². The Morgan fingerprint density at radius 3 is 2.48 bits per heavy atom. The Bertz CT molecular complexity index is 693. The first kappa shape index (κ1) is 15.2. The number of benzene rings is 2. The zero-order chi connectivity index (χ0) is 15.0. The van der Waals surface area contributed by atoms with Gasteiger partial charge in [0.15, 0.2) is 0 Å². The molecule has 0 bridgehead atoms. The summed E-state index contributed by atoms with van der Waals surface area (Å²) in [5.74, 6) is 0.535. The fraction of sp³-hybridized carbons (Fsp3) is 0.133. The molecular formula is C15H10BrCl2NOS. The second-order valence-corrected chi connectivity index (χ2v) is 7.38. The second-order valence-electron chi connectivity index (χ2n) is 4.58. The molecule has 1 fully saturated rings. The van der Waals surface area contributed by atoms with Crippen molar-refractivity contribution < 1.29 is 4.79 Å². The molecule has 1 aliphatic heterocycles. The maximum absolute atomic E-state index is 12.2. The fourth-order valence-electron chi connectivity index (χ4n) is 2.21. The smallest absolute Gasteiger partial charge is 0.238 e. The highest BCUT2D eigenvalue weighted by Crippen LogP contribution is 2.43. The molecule has 0 N–H and O–H groups in total. The molecule has 21 heavy (non-hydrogen) atoms. The van der Waals surface area contributed by atoms with Crippen molar-refractivity contribution in [2.24, 2.45) is 0 Å². The third kappa shape index (κ3) is 3.09. The molecule has 2 nitrogen and oxygen atoms in total. The summed E-state index contributed by atoms with van der Waals surface area (Å²) in [6.07, 6.45) is 0. The van der Waals surface area contributed by atoms with Gasteiger partial charge in [-0.2, -0.15) is 0 Å². The summed E-state index contributed by atoms with van der Waals surface area (Å²) < 4.78 is 1.02. The predicted molar refractivity (Wildman–Crippen MR) is 93.3 cm³/mol. The lowest BCUT2D eigenvalue weighted by molar-refractivity contribution is -0.115. The van der Waals surface area contributed by atoms with Gasteiger partial charge in [-0.25, -0.2) is 0 Å². The average Bonchev–Trinajstić information content (AvgIpc) is 2.85. The van der Waals surface area contributed by atoms with Gasteiger partial charge >= 0.3 is 0 Å². The van der Waals surface area contributed by atoms with E-state index in [1.165, 1.54) is 0 Å². The SMILES string of the molecule is O=C1CSC(c2ccc(Br)cc2)N1c1ccc(Cl)c(Cl)c1. The van der Waals surface area contributed by atoms with Crippen molar-refractivity contribution in [1.82, 2.24) is 0 Å². The van der Waals surface area contributed by atoms with Crippen molar-refractivity contribution in [3.8, 4) is 0 Å². The van der Waals surface area contributed by atoms with Crippen molar-refractivity contribution >= 4 is 62.5 Å². The highest BCUT2D eigenvalue weighted by Gasteiger charge is 2.34. The highest BCUT2D eigenvalue weighted by atomic mass is 79.9. The van der Waals surface area contributed by atoms with Crippen LogP contribution >= 0.6 is 50.9 Å². The molecule has 1 unspecified atom stereocenters. The van der Waals surface area contributed by atoms with Gasteiger partial charge in [-0.1, -0.05) is 51.3 Å². The number of hydrogen-bond acceptors (Lipinski definition) is 2. The van der Waals surface area contributed by atoms with Crippen LogP contribution in [0.5, 0.6) is 0 Å². The third-order valence-corrected chi connectivity index (χ3v) is 5.68. The molecule has 108 valence electrons. The molecule has 1 heterocycles. The number of rotatable bonds is 2. The van der Waals surface area contributed by atoms with E-state index in [4.69, 9.17) is 23.2 Å². The zero-order valence-corrected chi connectivity index (χ0v) is 14.6. The van der Waals surface area contributed by atoms with Crippen LogP contribution in [0.3, 0.4) is 0 Å². The molecule has 1 atom stereocenters. The molecular weight excluding hydrogens is 393 g/mol. The van der Waals surface area contributed by atoms with Gasteiger partial charge in [0, 0.05) is 10.2 Å². The number of carbonyl (C=O) groups is 1. The molecule has 1 aliphatic rings. The summed E-state index contributed by atoms with van der Waals surface area (Å²) in [6.45, 7) is 0. The Morgan fingerprint density at radius 1 is 1.10 bits per heavy atom. The van der Waals surface area contributed by atoms with E-state index >= 15 is 0 Å². The summed E-state index contributed by atoms with van der Waals surface area (Å²) in [7, 11) is 0. The molecule has 0 spiro atoms. The minimum absolute atomic E-state index is 0.0390. The van der Waals surface area contributed by atoms with Gasteiger partial charge in [0.05, 0.1) is 15.8 Å². The Labute approximate surface area is 145 Å². The first-order valence-corrected chi connectivity index (χ1v) is 8.80. The standard InChI is InChI=1S/C15H10BrCl2NOS/c16-10-3-1-9(2-4-10)15-19(14(20)8-21-15)11-5-6-12(17)13(18)7-11/h1-7,15H,8H2. The van der Waals surface area contributed by atoms with E-state index in [9.17, 15) is 4.79 Å². The number of halogens is 3. The normalized spacial score (nSPS) is 18.3. The van der Waals surface area contributed by atoms with Gasteiger partial charge < -0.3 is 0 Å². The largest absolute Gasteiger partial charge is 0.295 e. The van der Waals surface area contributed by atoms with Crippen molar-refractivity contribution in [2.75, 3.05) is 10.7 Å². The van der Waals surface area contributed by atoms with E-state index in [0.717, 1.165) is 15.7 Å². The van der Waals surface area contributed by atoms with Crippen molar-refractivity contribution in [3.63, 3.8) is 0 Å². The summed E-state index contributed by atoms with van der Waals surface area (Å²) >= 11 is 17.1. The average molecular weight is 403 g/mol. The van der Waals surface area contributed by atoms with Crippen LogP contribution in [0.15, 0.2) is 46.9 Å². The lowest BCUT2D eigenvalue weighted by Gasteiger charge is -2.24. The van der Waals surface area contributed by atoms with Crippen LogP contribution in [0.4, 0.5) is 5.69 Å². The summed E-state index contributed by atoms with van der Waals surface area (Å²) in [4.78, 5) is 14.0. The number of thioether (sulfide) groups is 1. The molecule has 0 aromatic heterocycles. The Balaban J connectivity index is 1.99. The molecule has 0 aliphatic carbocycles. The number of carbonyl (C=O) groups excluding carboxylic acids is 1. The Morgan fingerprint density at radius 2 is 1.81 bits per heavy atom. The molecule has 1 amide bonds. The van der Waals surface area contributed by atoms with Gasteiger partial charge in [0.1, 0.15) is 5.37 Å². The molecule has 0 saturated carbocycles. The quantitative estimate of drug-likeness (QED) is 0.657. The lowest BCUT2D eigenvalue weighted by Crippen LogP contribution is -2.27. The maximum atomic E-state index is 12.2. The molecule has 3 rings (SSSR count). The molecule has 2 aromatic rings. The monoisotopic (exact) mass is 401 g/mol. The van der Waals surface area contributed by atoms with Gasteiger partial charge in [-0.15, -0.1) is 11.8 Å². The fourth-order valence-corrected chi connectivity index (χ4v) is 3.95. The topological polar surface area (TPSA) is 20.3 Å². The van der Waals surface area contributed by atoms with Crippen LogP contribution in [0.2, 0.25) is 10.0 Å². The first-order valence-electron chi connectivity index (χ1n) is 6.20. The summed E-state index contributed by atoms with van der Waals surface area (Å²) in [6, 6.07) is 13.3. The van der Waals surface area contributed by atoms with E-state index in [1.54, 1.807) is 28.8 Å². The minimum atomic E-state index is -0.0390. The molecule has 2 aromatic carbocycles. The molecule has 6 heteroatoms. The highest BCUT2D eigenvalue weighted by molar-refractivity contribution is 9.10. The zero-order valence-electron chi connectivity index (χ0n) is 10.7. The first-order chi connectivity index (χ1) is 10.1. The number of nitrogens with zero attached hydrogens (tertiary/aromatic N) is 1. The van der Waals surface area contributed by atoms with Gasteiger partial charge in [-0.05, 0) is 35.9 Å². The van der Waals surface area contributed by atoms with Crippen LogP contribution in [-0.4, -0.2) is 11.7 Å². The van der Waals surface area contributed by atoms with Crippen molar-refractivity contribution in [1.29, 1.82) is 0 Å². The van der Waals surface area contributed by atoms with Gasteiger partial charge in [0.25, 0.3) is 0 Å². The van der Waals surface area contributed by atoms with Gasteiger partial charge in [-0.3, -0.25) is 9.69 Å². The van der Waals surface area contributed by atoms with E-state index in [2.05, 4.69) is 15.9 Å². The van der Waals surface area contributed by atoms with Crippen LogP contribution in [-0.2, 0) is 4.79 Å². The van der Waals surface area contributed by atoms with Crippen LogP contribution < -0.4 is 4.90 Å². The second kappa shape index (κ2) is 6.21. The van der Waals surface area contributed by atoms with Crippen LogP contribution in [0.25, 0.3) is 0 Å². The molecule has 1 saturated heterocycles. The van der Waals surface area contributed by atoms with Crippen molar-refractivity contribution in [3.05, 3.63) is 62.5 Å². The maximum Gasteiger partial charge on any atom is 0.238 e. The van der Waals surface area contributed by atoms with E-state index in [1.807, 2.05) is 30.3 Å². The van der Waals surface area contributed by atoms with Gasteiger partial charge in [0.2, 0.25) is 5.91 Å². The summed E-state index contributed by atoms with van der Waals surface area (Å²) in [5, 5.41) is 0.899. The minimum Gasteiger partial charge on any atom is -0.295 e. The predicted octanol–water partition coefficient (Wildman–Crippen LogP) is 5.53. The Kier molecular flexibility index (Phi) is 4.50. The molecule has 0 radical (unpaired) electrons. The van der Waals surface area contributed by atoms with E-state index in [-0.39, 0.29) is 11.3 Å². The third-order valence-electron chi connectivity index (χ3n) is 3.20. The summed E-state index contributed by atoms with van der Waals surface area (Å²) in [5.41, 5.74) is 1.85. The van der Waals surface area contributed by atoms with Crippen LogP contribution in [0, 0.1) is 0 Å². The van der Waals surface area contributed by atoms with Crippen LogP contribution in [0.1, 0.15) is 10.9 Å². The number of anilines is 1. The Hall–Kier alpha value is -0.680. The van der Waals surface area contributed by atoms with E-state index in [0.29, 0.717) is 15.8 Å². The van der Waals surface area contributed by atoms with E-state index < -0.39 is 0 Å². The lowest BCUT2D eigenvalue weighted by atomic mass is 10.2. The number of hydrogen-bond donors (Lipinski definition) is 0.